The number of nitrogens with one attached hydrogen (secondary N) is 1. The molecule has 0 radical (unpaired) electrons. The van der Waals surface area contributed by atoms with Gasteiger partial charge in [0.15, 0.2) is 0 Å². The number of carbonyl (C=O) groups excluding carboxylic acids is 1. The SMILES string of the molecule is Cc1ncc(CO)c(/C=N/NC(=O)c2ccc(C(F)(F)F)cc2)c1O. The Labute approximate surface area is 140 Å². The Bertz CT molecular complexity index is 803. The standard InChI is InChI=1S/C16H14F3N3O3/c1-9-14(24)13(11(8-23)6-20-9)7-21-22-15(25)10-2-4-12(5-3-10)16(17,18)19/h2-7,23-24H,8H2,1H3,(H,22,25)/b21-7+. The number of aromatic nitrogens is 1. The van der Waals surface area contributed by atoms with E-state index in [0.717, 1.165) is 30.5 Å². The van der Waals surface area contributed by atoms with Crippen molar-refractivity contribution < 1.29 is 28.2 Å². The molecule has 0 saturated heterocycles. The summed E-state index contributed by atoms with van der Waals surface area (Å²) >= 11 is 0. The van der Waals surface area contributed by atoms with E-state index in [-0.39, 0.29) is 16.9 Å². The van der Waals surface area contributed by atoms with Crippen LogP contribution in [-0.2, 0) is 12.8 Å². The number of hydrogen-bond donors (Lipinski definition) is 3. The van der Waals surface area contributed by atoms with E-state index >= 15 is 0 Å². The molecule has 3 N–H and O–H groups in total. The Balaban J connectivity index is 2.12. The molecule has 2 aromatic rings. The summed E-state index contributed by atoms with van der Waals surface area (Å²) in [4.78, 5) is 15.7. The average molecular weight is 353 g/mol. The summed E-state index contributed by atoms with van der Waals surface area (Å²) in [6, 6.07) is 3.64. The third-order valence-electron chi connectivity index (χ3n) is 3.36. The zero-order valence-electron chi connectivity index (χ0n) is 13.0. The van der Waals surface area contributed by atoms with E-state index < -0.39 is 24.3 Å². The third kappa shape index (κ3) is 4.32. The number of alkyl halides is 3. The maximum Gasteiger partial charge on any atom is 0.416 e. The van der Waals surface area contributed by atoms with Gasteiger partial charge in [0.1, 0.15) is 5.75 Å². The number of pyridine rings is 1. The fourth-order valence-electron chi connectivity index (χ4n) is 1.95. The Morgan fingerprint density at radius 2 is 1.96 bits per heavy atom. The lowest BCUT2D eigenvalue weighted by Gasteiger charge is -2.08. The van der Waals surface area contributed by atoms with Gasteiger partial charge in [0.05, 0.1) is 24.1 Å². The minimum Gasteiger partial charge on any atom is -0.505 e. The first-order chi connectivity index (χ1) is 11.7. The zero-order chi connectivity index (χ0) is 18.6. The van der Waals surface area contributed by atoms with Crippen LogP contribution < -0.4 is 5.43 Å². The third-order valence-corrected chi connectivity index (χ3v) is 3.36. The van der Waals surface area contributed by atoms with E-state index in [2.05, 4.69) is 15.5 Å². The molecule has 0 fully saturated rings. The van der Waals surface area contributed by atoms with E-state index in [0.29, 0.717) is 11.3 Å². The van der Waals surface area contributed by atoms with Gasteiger partial charge in [0, 0.05) is 22.9 Å². The topological polar surface area (TPSA) is 94.8 Å². The minimum absolute atomic E-state index is 0.0114. The van der Waals surface area contributed by atoms with E-state index in [1.807, 2.05) is 0 Å². The van der Waals surface area contributed by atoms with Crippen molar-refractivity contribution in [3.63, 3.8) is 0 Å². The van der Waals surface area contributed by atoms with Gasteiger partial charge in [-0.15, -0.1) is 0 Å². The quantitative estimate of drug-likeness (QED) is 0.581. The van der Waals surface area contributed by atoms with Crippen LogP contribution in [0.1, 0.15) is 32.7 Å². The van der Waals surface area contributed by atoms with Crippen LogP contribution in [-0.4, -0.2) is 27.3 Å². The maximum absolute atomic E-state index is 12.5. The van der Waals surface area contributed by atoms with Gasteiger partial charge in [-0.3, -0.25) is 9.78 Å². The number of hydrogen-bond acceptors (Lipinski definition) is 5. The first kappa shape index (κ1) is 18.4. The number of aryl methyl sites for hydroxylation is 1. The molecule has 0 spiro atoms. The fraction of sp³-hybridized carbons (Fsp3) is 0.188. The van der Waals surface area contributed by atoms with E-state index in [4.69, 9.17) is 0 Å². The Morgan fingerprint density at radius 1 is 1.32 bits per heavy atom. The smallest absolute Gasteiger partial charge is 0.416 e. The Morgan fingerprint density at radius 3 is 2.52 bits per heavy atom. The number of aliphatic hydroxyl groups is 1. The molecule has 1 aromatic heterocycles. The monoisotopic (exact) mass is 353 g/mol. The summed E-state index contributed by atoms with van der Waals surface area (Å²) in [6.07, 6.45) is -2.00. The molecule has 1 amide bonds. The molecule has 0 atom stereocenters. The van der Waals surface area contributed by atoms with Crippen molar-refractivity contribution in [3.8, 4) is 5.75 Å². The molecule has 1 aromatic carbocycles. The number of halogens is 3. The van der Waals surface area contributed by atoms with Gasteiger partial charge in [-0.05, 0) is 31.2 Å². The highest BCUT2D eigenvalue weighted by Crippen LogP contribution is 2.29. The highest BCUT2D eigenvalue weighted by atomic mass is 19.4. The maximum atomic E-state index is 12.5. The molecule has 132 valence electrons. The van der Waals surface area contributed by atoms with Crippen molar-refractivity contribution in [1.29, 1.82) is 0 Å². The van der Waals surface area contributed by atoms with Gasteiger partial charge in [-0.2, -0.15) is 18.3 Å². The zero-order valence-corrected chi connectivity index (χ0v) is 13.0. The normalized spacial score (nSPS) is 11.7. The van der Waals surface area contributed by atoms with Crippen molar-refractivity contribution in [1.82, 2.24) is 10.4 Å². The lowest BCUT2D eigenvalue weighted by Crippen LogP contribution is -2.18. The van der Waals surface area contributed by atoms with Crippen LogP contribution in [0.2, 0.25) is 0 Å². The van der Waals surface area contributed by atoms with Gasteiger partial charge in [0.2, 0.25) is 0 Å². The second kappa shape index (κ2) is 7.31. The minimum atomic E-state index is -4.48. The van der Waals surface area contributed by atoms with Crippen molar-refractivity contribution in [2.24, 2.45) is 5.10 Å². The number of hydrazone groups is 1. The number of aliphatic hydroxyl groups excluding tert-OH is 1. The van der Waals surface area contributed by atoms with E-state index in [1.165, 1.54) is 6.20 Å². The average Bonchev–Trinajstić information content (AvgIpc) is 2.58. The number of aromatic hydroxyl groups is 1. The van der Waals surface area contributed by atoms with Crippen LogP contribution in [0.3, 0.4) is 0 Å². The molecular weight excluding hydrogens is 339 g/mol. The number of nitrogens with zero attached hydrogens (tertiary/aromatic N) is 2. The van der Waals surface area contributed by atoms with Crippen molar-refractivity contribution in [3.05, 3.63) is 58.4 Å². The highest BCUT2D eigenvalue weighted by molar-refractivity contribution is 5.95. The van der Waals surface area contributed by atoms with E-state index in [1.54, 1.807) is 6.92 Å². The molecule has 0 aliphatic rings. The van der Waals surface area contributed by atoms with Crippen LogP contribution in [0.15, 0.2) is 35.6 Å². The predicted molar refractivity (Wildman–Crippen MR) is 83.1 cm³/mol. The fourth-order valence-corrected chi connectivity index (χ4v) is 1.95. The van der Waals surface area contributed by atoms with Crippen LogP contribution in [0.5, 0.6) is 5.75 Å². The van der Waals surface area contributed by atoms with Gasteiger partial charge >= 0.3 is 6.18 Å². The molecule has 0 aliphatic carbocycles. The molecule has 0 saturated carbocycles. The molecular formula is C16H14F3N3O3. The predicted octanol–water partition coefficient (Wildman–Crippen LogP) is 2.37. The van der Waals surface area contributed by atoms with Gasteiger partial charge < -0.3 is 10.2 Å². The molecule has 0 bridgehead atoms. The Hall–Kier alpha value is -2.94. The van der Waals surface area contributed by atoms with Crippen LogP contribution in [0, 0.1) is 6.92 Å². The summed E-state index contributed by atoms with van der Waals surface area (Å²) in [5.74, 6) is -0.917. The molecule has 6 nitrogen and oxygen atoms in total. The van der Waals surface area contributed by atoms with Crippen molar-refractivity contribution in [2.45, 2.75) is 19.7 Å². The summed E-state index contributed by atoms with van der Waals surface area (Å²) in [5.41, 5.74) is 2.06. The summed E-state index contributed by atoms with van der Waals surface area (Å²) in [5, 5.41) is 22.8. The van der Waals surface area contributed by atoms with Crippen molar-refractivity contribution >= 4 is 12.1 Å². The van der Waals surface area contributed by atoms with Crippen molar-refractivity contribution in [2.75, 3.05) is 0 Å². The lowest BCUT2D eigenvalue weighted by molar-refractivity contribution is -0.137. The van der Waals surface area contributed by atoms with Crippen LogP contribution in [0.4, 0.5) is 13.2 Å². The molecule has 1 heterocycles. The second-order valence-electron chi connectivity index (χ2n) is 5.06. The van der Waals surface area contributed by atoms with Gasteiger partial charge in [-0.1, -0.05) is 0 Å². The highest BCUT2D eigenvalue weighted by Gasteiger charge is 2.30. The van der Waals surface area contributed by atoms with Crippen LogP contribution in [0.25, 0.3) is 0 Å². The Kier molecular flexibility index (Phi) is 5.38. The number of amides is 1. The summed E-state index contributed by atoms with van der Waals surface area (Å²) < 4.78 is 37.4. The van der Waals surface area contributed by atoms with Crippen LogP contribution >= 0.6 is 0 Å². The lowest BCUT2D eigenvalue weighted by atomic mass is 10.1. The number of carbonyl (C=O) groups is 1. The van der Waals surface area contributed by atoms with Gasteiger partial charge in [0.25, 0.3) is 5.91 Å². The largest absolute Gasteiger partial charge is 0.505 e. The van der Waals surface area contributed by atoms with E-state index in [9.17, 15) is 28.2 Å². The second-order valence-corrected chi connectivity index (χ2v) is 5.06. The summed E-state index contributed by atoms with van der Waals surface area (Å²) in [6.45, 7) is 1.16. The van der Waals surface area contributed by atoms with Gasteiger partial charge in [-0.25, -0.2) is 5.43 Å². The first-order valence-corrected chi connectivity index (χ1v) is 7.03. The number of benzene rings is 1. The first-order valence-electron chi connectivity index (χ1n) is 7.03. The molecule has 0 unspecified atom stereocenters. The molecule has 9 heteroatoms. The molecule has 2 rings (SSSR count). The molecule has 0 aliphatic heterocycles. The number of rotatable bonds is 4. The molecule has 25 heavy (non-hydrogen) atoms. The summed E-state index contributed by atoms with van der Waals surface area (Å²) in [7, 11) is 0.